The molecule has 0 aliphatic heterocycles. The van der Waals surface area contributed by atoms with E-state index < -0.39 is 0 Å². The summed E-state index contributed by atoms with van der Waals surface area (Å²) < 4.78 is 6.28. The largest absolute Gasteiger partial charge is 0.378 e. The molecule has 2 nitrogen and oxygen atoms in total. The third kappa shape index (κ3) is 6.93. The zero-order valence-electron chi connectivity index (χ0n) is 16.9. The summed E-state index contributed by atoms with van der Waals surface area (Å²) >= 11 is 0. The van der Waals surface area contributed by atoms with E-state index in [2.05, 4.69) is 19.9 Å². The van der Waals surface area contributed by atoms with E-state index in [-0.39, 0.29) is 5.41 Å². The van der Waals surface area contributed by atoms with E-state index in [9.17, 15) is 5.26 Å². The van der Waals surface area contributed by atoms with Crippen LogP contribution in [0.2, 0.25) is 0 Å². The van der Waals surface area contributed by atoms with E-state index >= 15 is 0 Å². The van der Waals surface area contributed by atoms with Crippen LogP contribution in [0.5, 0.6) is 0 Å². The molecule has 2 aliphatic rings. The highest BCUT2D eigenvalue weighted by molar-refractivity contribution is 5.01. The Morgan fingerprint density at radius 3 is 2.20 bits per heavy atom. The summed E-state index contributed by atoms with van der Waals surface area (Å²) in [4.78, 5) is 0. The van der Waals surface area contributed by atoms with E-state index in [0.29, 0.717) is 12.0 Å². The fourth-order valence-corrected chi connectivity index (χ4v) is 4.97. The fraction of sp³-hybridized carbons (Fsp3) is 0.957. The zero-order valence-corrected chi connectivity index (χ0v) is 16.9. The highest BCUT2D eigenvalue weighted by Gasteiger charge is 2.35. The molecule has 2 saturated carbocycles. The van der Waals surface area contributed by atoms with Crippen molar-refractivity contribution in [3.05, 3.63) is 0 Å². The summed E-state index contributed by atoms with van der Waals surface area (Å²) in [5.41, 5.74) is -0.0115. The lowest BCUT2D eigenvalue weighted by Gasteiger charge is -2.36. The number of hydrogen-bond acceptors (Lipinski definition) is 2. The van der Waals surface area contributed by atoms with Gasteiger partial charge in [0.2, 0.25) is 0 Å². The van der Waals surface area contributed by atoms with Crippen LogP contribution in [0.15, 0.2) is 0 Å². The van der Waals surface area contributed by atoms with Crippen molar-refractivity contribution in [3.63, 3.8) is 0 Å². The SMILES string of the molecule is CCCCCCC1(C#N)CCC(COC2CCC(CCC)CC2)CC1. The van der Waals surface area contributed by atoms with Crippen LogP contribution in [0.1, 0.15) is 110 Å². The molecule has 0 aromatic rings. The summed E-state index contributed by atoms with van der Waals surface area (Å²) in [7, 11) is 0. The Bertz CT molecular complexity index is 383. The van der Waals surface area contributed by atoms with Gasteiger partial charge in [0.25, 0.3) is 0 Å². The molecule has 0 atom stereocenters. The number of nitriles is 1. The molecule has 2 aliphatic carbocycles. The minimum absolute atomic E-state index is 0.0115. The first-order valence-electron chi connectivity index (χ1n) is 11.2. The van der Waals surface area contributed by atoms with Crippen molar-refractivity contribution in [2.24, 2.45) is 17.3 Å². The third-order valence-corrected chi connectivity index (χ3v) is 6.87. The molecular formula is C23H41NO. The summed E-state index contributed by atoms with van der Waals surface area (Å²) in [5, 5.41) is 9.71. The highest BCUT2D eigenvalue weighted by atomic mass is 16.5. The lowest BCUT2D eigenvalue weighted by atomic mass is 9.69. The van der Waals surface area contributed by atoms with Crippen molar-refractivity contribution >= 4 is 0 Å². The van der Waals surface area contributed by atoms with Crippen LogP contribution in [0, 0.1) is 28.6 Å². The molecule has 0 radical (unpaired) electrons. The number of ether oxygens (including phenoxy) is 1. The maximum absolute atomic E-state index is 9.71. The van der Waals surface area contributed by atoms with E-state index in [0.717, 1.165) is 31.8 Å². The average Bonchev–Trinajstić information content (AvgIpc) is 2.66. The summed E-state index contributed by atoms with van der Waals surface area (Å²) in [6.45, 7) is 5.50. The summed E-state index contributed by atoms with van der Waals surface area (Å²) in [5.74, 6) is 1.66. The lowest BCUT2D eigenvalue weighted by molar-refractivity contribution is -0.0134. The van der Waals surface area contributed by atoms with E-state index in [4.69, 9.17) is 4.74 Å². The van der Waals surface area contributed by atoms with Gasteiger partial charge in [0.15, 0.2) is 0 Å². The molecule has 0 saturated heterocycles. The van der Waals surface area contributed by atoms with Crippen molar-refractivity contribution in [2.45, 2.75) is 116 Å². The third-order valence-electron chi connectivity index (χ3n) is 6.87. The van der Waals surface area contributed by atoms with Gasteiger partial charge >= 0.3 is 0 Å². The Kier molecular flexibility index (Phi) is 9.32. The molecule has 2 rings (SSSR count). The fourth-order valence-electron chi connectivity index (χ4n) is 4.97. The Balaban J connectivity index is 1.62. The molecule has 144 valence electrons. The Morgan fingerprint density at radius 2 is 1.60 bits per heavy atom. The zero-order chi connectivity index (χ0) is 18.0. The molecule has 0 unspecified atom stereocenters. The second-order valence-electron chi connectivity index (χ2n) is 8.91. The van der Waals surface area contributed by atoms with Gasteiger partial charge in [-0.15, -0.1) is 0 Å². The van der Waals surface area contributed by atoms with E-state index in [1.165, 1.54) is 77.0 Å². The van der Waals surface area contributed by atoms with Gasteiger partial charge < -0.3 is 4.74 Å². The Hall–Kier alpha value is -0.550. The van der Waals surface area contributed by atoms with Gasteiger partial charge in [0, 0.05) is 6.61 Å². The van der Waals surface area contributed by atoms with E-state index in [1.807, 2.05) is 0 Å². The molecular weight excluding hydrogens is 306 g/mol. The molecule has 0 spiro atoms. The Labute approximate surface area is 156 Å². The van der Waals surface area contributed by atoms with Crippen molar-refractivity contribution in [2.75, 3.05) is 6.61 Å². The first-order valence-corrected chi connectivity index (χ1v) is 11.2. The molecule has 0 N–H and O–H groups in total. The number of unbranched alkanes of at least 4 members (excludes halogenated alkanes) is 3. The van der Waals surface area contributed by atoms with Crippen LogP contribution in [0.3, 0.4) is 0 Å². The van der Waals surface area contributed by atoms with Crippen molar-refractivity contribution in [1.82, 2.24) is 0 Å². The minimum atomic E-state index is -0.0115. The number of hydrogen-bond donors (Lipinski definition) is 0. The van der Waals surface area contributed by atoms with Crippen molar-refractivity contribution in [1.29, 1.82) is 5.26 Å². The number of rotatable bonds is 10. The maximum atomic E-state index is 9.71. The van der Waals surface area contributed by atoms with Gasteiger partial charge in [-0.25, -0.2) is 0 Å². The van der Waals surface area contributed by atoms with Gasteiger partial charge in [-0.05, 0) is 69.6 Å². The molecule has 0 aromatic heterocycles. The van der Waals surface area contributed by atoms with Gasteiger partial charge in [0.1, 0.15) is 0 Å². The highest BCUT2D eigenvalue weighted by Crippen LogP contribution is 2.42. The monoisotopic (exact) mass is 347 g/mol. The average molecular weight is 348 g/mol. The van der Waals surface area contributed by atoms with Gasteiger partial charge in [0.05, 0.1) is 17.6 Å². The normalized spacial score (nSPS) is 33.1. The first-order chi connectivity index (χ1) is 12.2. The molecule has 2 heteroatoms. The Morgan fingerprint density at radius 1 is 0.880 bits per heavy atom. The molecule has 25 heavy (non-hydrogen) atoms. The smallest absolute Gasteiger partial charge is 0.0689 e. The van der Waals surface area contributed by atoms with Gasteiger partial charge in [-0.3, -0.25) is 0 Å². The summed E-state index contributed by atoms with van der Waals surface area (Å²) in [6, 6.07) is 2.70. The number of nitrogens with zero attached hydrogens (tertiary/aromatic N) is 1. The maximum Gasteiger partial charge on any atom is 0.0689 e. The molecule has 2 fully saturated rings. The molecule has 0 bridgehead atoms. The van der Waals surface area contributed by atoms with Crippen molar-refractivity contribution in [3.8, 4) is 6.07 Å². The molecule has 0 amide bonds. The summed E-state index contributed by atoms with van der Waals surface area (Å²) in [6.07, 6.45) is 19.4. The van der Waals surface area contributed by atoms with Crippen LogP contribution in [-0.2, 0) is 4.74 Å². The van der Waals surface area contributed by atoms with Crippen LogP contribution >= 0.6 is 0 Å². The van der Waals surface area contributed by atoms with Gasteiger partial charge in [-0.1, -0.05) is 52.4 Å². The van der Waals surface area contributed by atoms with Crippen molar-refractivity contribution < 1.29 is 4.74 Å². The topological polar surface area (TPSA) is 33.0 Å². The first kappa shape index (κ1) is 20.8. The predicted octanol–water partition coefficient (Wildman–Crippen LogP) is 7.03. The van der Waals surface area contributed by atoms with Crippen LogP contribution in [-0.4, -0.2) is 12.7 Å². The van der Waals surface area contributed by atoms with Gasteiger partial charge in [-0.2, -0.15) is 5.26 Å². The van der Waals surface area contributed by atoms with E-state index in [1.54, 1.807) is 0 Å². The molecule has 0 aromatic carbocycles. The van der Waals surface area contributed by atoms with Crippen LogP contribution in [0.25, 0.3) is 0 Å². The van der Waals surface area contributed by atoms with Crippen LogP contribution in [0.4, 0.5) is 0 Å². The standard InChI is InChI=1S/C23H41NO/c1-3-5-6-7-15-23(19-24)16-13-21(14-17-23)18-25-22-11-9-20(8-4-2)10-12-22/h20-22H,3-18H2,1-2H3. The predicted molar refractivity (Wildman–Crippen MR) is 105 cm³/mol. The lowest BCUT2D eigenvalue weighted by Crippen LogP contribution is -2.30. The molecule has 0 heterocycles. The second kappa shape index (κ2) is 11.2. The second-order valence-corrected chi connectivity index (χ2v) is 8.91. The quantitative estimate of drug-likeness (QED) is 0.397. The van der Waals surface area contributed by atoms with Crippen LogP contribution < -0.4 is 0 Å². The minimum Gasteiger partial charge on any atom is -0.378 e.